The summed E-state index contributed by atoms with van der Waals surface area (Å²) in [5.74, 6) is -0.162. The summed E-state index contributed by atoms with van der Waals surface area (Å²) in [6, 6.07) is 5.16. The van der Waals surface area contributed by atoms with Gasteiger partial charge in [-0.2, -0.15) is 0 Å². The SMILES string of the molecule is C=C(C)C(/C=C/c1ccc(F)c(C(C)(C)CC)c1)=N/OC. The summed E-state index contributed by atoms with van der Waals surface area (Å²) in [6.45, 7) is 11.9. The molecule has 0 amide bonds. The van der Waals surface area contributed by atoms with Crippen molar-refractivity contribution < 1.29 is 9.23 Å². The van der Waals surface area contributed by atoms with E-state index in [2.05, 4.69) is 18.7 Å². The highest BCUT2D eigenvalue weighted by Gasteiger charge is 2.21. The van der Waals surface area contributed by atoms with E-state index in [1.165, 1.54) is 13.2 Å². The van der Waals surface area contributed by atoms with E-state index < -0.39 is 0 Å². The van der Waals surface area contributed by atoms with Crippen molar-refractivity contribution in [2.45, 2.75) is 39.5 Å². The van der Waals surface area contributed by atoms with Crippen LogP contribution in [0.1, 0.15) is 45.2 Å². The van der Waals surface area contributed by atoms with Crippen LogP contribution in [-0.2, 0) is 10.3 Å². The molecule has 21 heavy (non-hydrogen) atoms. The van der Waals surface area contributed by atoms with Crippen LogP contribution in [0, 0.1) is 5.82 Å². The van der Waals surface area contributed by atoms with E-state index in [1.54, 1.807) is 6.07 Å². The normalized spacial score (nSPS) is 12.8. The van der Waals surface area contributed by atoms with Crippen LogP contribution in [0.4, 0.5) is 4.39 Å². The molecule has 0 saturated carbocycles. The number of hydrogen-bond acceptors (Lipinski definition) is 2. The minimum absolute atomic E-state index is 0.162. The predicted molar refractivity (Wildman–Crippen MR) is 88.0 cm³/mol. The van der Waals surface area contributed by atoms with Gasteiger partial charge in [0, 0.05) is 0 Å². The van der Waals surface area contributed by atoms with Crippen molar-refractivity contribution in [1.82, 2.24) is 0 Å². The molecule has 3 heteroatoms. The van der Waals surface area contributed by atoms with Crippen molar-refractivity contribution in [3.8, 4) is 0 Å². The second kappa shape index (κ2) is 7.21. The molecule has 0 saturated heterocycles. The Morgan fingerprint density at radius 1 is 1.43 bits per heavy atom. The lowest BCUT2D eigenvalue weighted by Gasteiger charge is -2.24. The number of benzene rings is 1. The van der Waals surface area contributed by atoms with E-state index in [0.29, 0.717) is 5.71 Å². The second-order valence-electron chi connectivity index (χ2n) is 5.75. The molecule has 0 unspecified atom stereocenters. The number of allylic oxidation sites excluding steroid dienone is 2. The molecule has 1 aromatic rings. The van der Waals surface area contributed by atoms with Crippen molar-refractivity contribution in [1.29, 1.82) is 0 Å². The Morgan fingerprint density at radius 3 is 2.62 bits per heavy atom. The van der Waals surface area contributed by atoms with Gasteiger partial charge in [-0.1, -0.05) is 44.6 Å². The molecule has 0 aliphatic heterocycles. The molecule has 0 fully saturated rings. The fourth-order valence-electron chi connectivity index (χ4n) is 1.88. The van der Waals surface area contributed by atoms with E-state index in [0.717, 1.165) is 23.1 Å². The lowest BCUT2D eigenvalue weighted by Crippen LogP contribution is -2.17. The fraction of sp³-hybridized carbons (Fsp3) is 0.389. The largest absolute Gasteiger partial charge is 0.399 e. The monoisotopic (exact) mass is 289 g/mol. The van der Waals surface area contributed by atoms with Gasteiger partial charge in [0.05, 0.1) is 0 Å². The zero-order valence-electron chi connectivity index (χ0n) is 13.5. The van der Waals surface area contributed by atoms with E-state index in [9.17, 15) is 4.39 Å². The van der Waals surface area contributed by atoms with Crippen LogP contribution in [0.25, 0.3) is 6.08 Å². The van der Waals surface area contributed by atoms with Crippen molar-refractivity contribution in [3.63, 3.8) is 0 Å². The van der Waals surface area contributed by atoms with Crippen molar-refractivity contribution in [2.75, 3.05) is 7.11 Å². The molecule has 0 aliphatic carbocycles. The maximum absolute atomic E-state index is 14.0. The Hall–Kier alpha value is -1.90. The third-order valence-electron chi connectivity index (χ3n) is 3.66. The van der Waals surface area contributed by atoms with Gasteiger partial charge in [-0.15, -0.1) is 0 Å². The summed E-state index contributed by atoms with van der Waals surface area (Å²) in [6.07, 6.45) is 4.59. The Labute approximate surface area is 127 Å². The third kappa shape index (κ3) is 4.55. The first kappa shape index (κ1) is 17.2. The van der Waals surface area contributed by atoms with E-state index in [1.807, 2.05) is 39.0 Å². The van der Waals surface area contributed by atoms with Gasteiger partial charge >= 0.3 is 0 Å². The summed E-state index contributed by atoms with van der Waals surface area (Å²) in [5.41, 5.74) is 2.94. The first-order valence-corrected chi connectivity index (χ1v) is 7.07. The molecular weight excluding hydrogens is 265 g/mol. The van der Waals surface area contributed by atoms with Crippen LogP contribution >= 0.6 is 0 Å². The standard InChI is InChI=1S/C18H24FNO/c1-7-18(4,5)15-12-14(8-10-16(15)19)9-11-17(13(2)3)20-21-6/h8-12H,2,7H2,1,3-6H3/b11-9+,20-17+. The number of rotatable bonds is 6. The topological polar surface area (TPSA) is 21.6 Å². The number of halogens is 1. The molecule has 0 aliphatic rings. The molecule has 0 bridgehead atoms. The highest BCUT2D eigenvalue weighted by Crippen LogP contribution is 2.29. The van der Waals surface area contributed by atoms with Crippen LogP contribution in [0.15, 0.2) is 41.6 Å². The molecular formula is C18H24FNO. The molecule has 0 heterocycles. The van der Waals surface area contributed by atoms with Gasteiger partial charge in [0.25, 0.3) is 0 Å². The van der Waals surface area contributed by atoms with Gasteiger partial charge in [-0.05, 0) is 53.7 Å². The van der Waals surface area contributed by atoms with E-state index in [-0.39, 0.29) is 11.2 Å². The van der Waals surface area contributed by atoms with Gasteiger partial charge in [-0.3, -0.25) is 0 Å². The zero-order valence-corrected chi connectivity index (χ0v) is 13.5. The second-order valence-corrected chi connectivity index (χ2v) is 5.75. The van der Waals surface area contributed by atoms with Crippen LogP contribution < -0.4 is 0 Å². The zero-order chi connectivity index (χ0) is 16.0. The van der Waals surface area contributed by atoms with E-state index >= 15 is 0 Å². The Kier molecular flexibility index (Phi) is 5.89. The minimum Gasteiger partial charge on any atom is -0.399 e. The molecule has 114 valence electrons. The van der Waals surface area contributed by atoms with Gasteiger partial charge < -0.3 is 4.84 Å². The average molecular weight is 289 g/mol. The van der Waals surface area contributed by atoms with Gasteiger partial charge in [0.15, 0.2) is 0 Å². The maximum atomic E-state index is 14.0. The third-order valence-corrected chi connectivity index (χ3v) is 3.66. The smallest absolute Gasteiger partial charge is 0.126 e. The number of hydrogen-bond donors (Lipinski definition) is 0. The fourth-order valence-corrected chi connectivity index (χ4v) is 1.88. The molecule has 2 nitrogen and oxygen atoms in total. The molecule has 1 rings (SSSR count). The Bertz CT molecular complexity index is 571. The summed E-state index contributed by atoms with van der Waals surface area (Å²) in [7, 11) is 1.50. The number of oxime groups is 1. The average Bonchev–Trinajstić information content (AvgIpc) is 2.44. The Morgan fingerprint density at radius 2 is 2.10 bits per heavy atom. The van der Waals surface area contributed by atoms with Gasteiger partial charge in [-0.25, -0.2) is 4.39 Å². The number of nitrogens with zero attached hydrogens (tertiary/aromatic N) is 1. The quantitative estimate of drug-likeness (QED) is 0.527. The Balaban J connectivity index is 3.14. The summed E-state index contributed by atoms with van der Waals surface area (Å²) < 4.78 is 14.0. The predicted octanol–water partition coefficient (Wildman–Crippen LogP) is 5.11. The van der Waals surface area contributed by atoms with Gasteiger partial charge in [0.1, 0.15) is 18.6 Å². The minimum atomic E-state index is -0.189. The van der Waals surface area contributed by atoms with Crippen LogP contribution in [0.2, 0.25) is 0 Å². The first-order valence-electron chi connectivity index (χ1n) is 7.07. The highest BCUT2D eigenvalue weighted by atomic mass is 19.1. The van der Waals surface area contributed by atoms with Crippen molar-refractivity contribution in [2.24, 2.45) is 5.16 Å². The molecule has 1 aromatic carbocycles. The summed E-state index contributed by atoms with van der Waals surface area (Å²) >= 11 is 0. The lowest BCUT2D eigenvalue weighted by atomic mass is 9.81. The van der Waals surface area contributed by atoms with Crippen LogP contribution in [0.5, 0.6) is 0 Å². The molecule has 0 atom stereocenters. The van der Waals surface area contributed by atoms with Crippen molar-refractivity contribution >= 4 is 11.8 Å². The first-order chi connectivity index (χ1) is 9.81. The highest BCUT2D eigenvalue weighted by molar-refractivity contribution is 6.09. The summed E-state index contributed by atoms with van der Waals surface area (Å²) in [5, 5.41) is 3.90. The van der Waals surface area contributed by atoms with Crippen LogP contribution in [0.3, 0.4) is 0 Å². The molecule has 0 N–H and O–H groups in total. The molecule has 0 aromatic heterocycles. The van der Waals surface area contributed by atoms with Crippen LogP contribution in [-0.4, -0.2) is 12.8 Å². The maximum Gasteiger partial charge on any atom is 0.126 e. The molecule has 0 radical (unpaired) electrons. The molecule has 0 spiro atoms. The van der Waals surface area contributed by atoms with Crippen molar-refractivity contribution in [3.05, 3.63) is 53.4 Å². The summed E-state index contributed by atoms with van der Waals surface area (Å²) in [4.78, 5) is 4.78. The lowest BCUT2D eigenvalue weighted by molar-refractivity contribution is 0.214. The van der Waals surface area contributed by atoms with E-state index in [4.69, 9.17) is 4.84 Å². The van der Waals surface area contributed by atoms with Gasteiger partial charge in [0.2, 0.25) is 0 Å².